The summed E-state index contributed by atoms with van der Waals surface area (Å²) in [4.78, 5) is 16.8. The zero-order chi connectivity index (χ0) is 16.4. The molecule has 0 saturated carbocycles. The second-order valence-electron chi connectivity index (χ2n) is 4.63. The Morgan fingerprint density at radius 3 is 2.70 bits per heavy atom. The van der Waals surface area contributed by atoms with Crippen LogP contribution in [0.4, 0.5) is 5.13 Å². The molecule has 2 aromatic carbocycles. The van der Waals surface area contributed by atoms with Crippen molar-refractivity contribution in [2.45, 2.75) is 0 Å². The second kappa shape index (κ2) is 6.71. The van der Waals surface area contributed by atoms with E-state index in [0.717, 1.165) is 8.27 Å². The summed E-state index contributed by atoms with van der Waals surface area (Å²) in [5.74, 6) is 1.12. The lowest BCUT2D eigenvalue weighted by Crippen LogP contribution is -2.12. The Morgan fingerprint density at radius 2 is 2.00 bits per heavy atom. The van der Waals surface area contributed by atoms with Crippen molar-refractivity contribution < 1.29 is 14.3 Å². The molecule has 0 saturated heterocycles. The number of nitrogens with one attached hydrogen (secondary N) is 1. The molecule has 0 radical (unpaired) electrons. The Balaban J connectivity index is 1.95. The van der Waals surface area contributed by atoms with E-state index in [-0.39, 0.29) is 5.91 Å². The van der Waals surface area contributed by atoms with Crippen molar-refractivity contribution in [1.82, 2.24) is 4.98 Å². The Morgan fingerprint density at radius 1 is 1.22 bits per heavy atom. The van der Waals surface area contributed by atoms with E-state index < -0.39 is 0 Å². The van der Waals surface area contributed by atoms with Gasteiger partial charge in [-0.2, -0.15) is 0 Å². The van der Waals surface area contributed by atoms with Crippen molar-refractivity contribution in [2.24, 2.45) is 0 Å². The summed E-state index contributed by atoms with van der Waals surface area (Å²) in [5, 5.41) is 3.37. The molecule has 1 amide bonds. The minimum absolute atomic E-state index is 0.181. The van der Waals surface area contributed by atoms with Crippen LogP contribution in [0.3, 0.4) is 0 Å². The van der Waals surface area contributed by atoms with E-state index in [1.807, 2.05) is 24.3 Å². The maximum Gasteiger partial charge on any atom is 0.258 e. The summed E-state index contributed by atoms with van der Waals surface area (Å²) < 4.78 is 12.4. The average molecular weight is 440 g/mol. The first kappa shape index (κ1) is 16.0. The van der Waals surface area contributed by atoms with E-state index in [1.165, 1.54) is 11.3 Å². The van der Waals surface area contributed by atoms with Crippen LogP contribution >= 0.6 is 33.9 Å². The van der Waals surface area contributed by atoms with Crippen molar-refractivity contribution in [3.8, 4) is 11.5 Å². The van der Waals surface area contributed by atoms with Gasteiger partial charge >= 0.3 is 0 Å². The van der Waals surface area contributed by atoms with E-state index in [4.69, 9.17) is 9.47 Å². The largest absolute Gasteiger partial charge is 0.497 e. The molecule has 1 N–H and O–H groups in total. The summed E-state index contributed by atoms with van der Waals surface area (Å²) in [7, 11) is 3.18. The molecule has 0 aliphatic rings. The predicted octanol–water partition coefficient (Wildman–Crippen LogP) is 4.17. The number of carbonyl (C=O) groups excluding carboxylic acids is 1. The SMILES string of the molecule is COc1cc(OC)c2nc(NC(=O)c3ccccc3I)sc2c1. The number of aromatic nitrogens is 1. The highest BCUT2D eigenvalue weighted by atomic mass is 127. The van der Waals surface area contributed by atoms with E-state index in [2.05, 4.69) is 32.9 Å². The smallest absolute Gasteiger partial charge is 0.258 e. The summed E-state index contributed by atoms with van der Waals surface area (Å²) in [6.07, 6.45) is 0. The first-order valence-electron chi connectivity index (χ1n) is 6.71. The summed E-state index contributed by atoms with van der Waals surface area (Å²) in [5.41, 5.74) is 1.33. The predicted molar refractivity (Wildman–Crippen MR) is 99.8 cm³/mol. The third-order valence-electron chi connectivity index (χ3n) is 3.23. The van der Waals surface area contributed by atoms with Gasteiger partial charge < -0.3 is 9.47 Å². The molecule has 0 fully saturated rings. The molecule has 1 aromatic heterocycles. The lowest BCUT2D eigenvalue weighted by atomic mass is 10.2. The summed E-state index contributed by atoms with van der Waals surface area (Å²) >= 11 is 3.52. The van der Waals surface area contributed by atoms with Crippen molar-refractivity contribution in [3.05, 3.63) is 45.5 Å². The lowest BCUT2D eigenvalue weighted by molar-refractivity contribution is 0.102. The molecule has 0 atom stereocenters. The van der Waals surface area contributed by atoms with E-state index in [1.54, 1.807) is 26.4 Å². The van der Waals surface area contributed by atoms with Gasteiger partial charge in [0, 0.05) is 9.64 Å². The zero-order valence-electron chi connectivity index (χ0n) is 12.4. The fraction of sp³-hybridized carbons (Fsp3) is 0.125. The Bertz CT molecular complexity index is 879. The van der Waals surface area contributed by atoms with Gasteiger partial charge in [0.05, 0.1) is 24.5 Å². The Kier molecular flexibility index (Phi) is 4.67. The van der Waals surface area contributed by atoms with Crippen LogP contribution in [0.1, 0.15) is 10.4 Å². The molecule has 0 aliphatic heterocycles. The summed E-state index contributed by atoms with van der Waals surface area (Å²) in [6, 6.07) is 11.1. The van der Waals surface area contributed by atoms with E-state index in [9.17, 15) is 4.79 Å². The van der Waals surface area contributed by atoms with Crippen LogP contribution in [0.25, 0.3) is 10.2 Å². The number of hydrogen-bond acceptors (Lipinski definition) is 5. The van der Waals surface area contributed by atoms with E-state index >= 15 is 0 Å². The second-order valence-corrected chi connectivity index (χ2v) is 6.82. The average Bonchev–Trinajstić information content (AvgIpc) is 2.96. The van der Waals surface area contributed by atoms with Crippen LogP contribution in [-0.2, 0) is 0 Å². The van der Waals surface area contributed by atoms with Crippen molar-refractivity contribution in [2.75, 3.05) is 19.5 Å². The van der Waals surface area contributed by atoms with Gasteiger partial charge in [0.25, 0.3) is 5.91 Å². The first-order valence-corrected chi connectivity index (χ1v) is 8.60. The first-order chi connectivity index (χ1) is 11.1. The third kappa shape index (κ3) is 3.25. The van der Waals surface area contributed by atoms with Crippen molar-refractivity contribution in [3.63, 3.8) is 0 Å². The van der Waals surface area contributed by atoms with Gasteiger partial charge in [-0.3, -0.25) is 10.1 Å². The van der Waals surface area contributed by atoms with E-state index in [0.29, 0.717) is 27.7 Å². The molecule has 0 unspecified atom stereocenters. The quantitative estimate of drug-likeness (QED) is 0.619. The molecule has 1 heterocycles. The molecule has 5 nitrogen and oxygen atoms in total. The number of nitrogens with zero attached hydrogens (tertiary/aromatic N) is 1. The standard InChI is InChI=1S/C16H13IN2O3S/c1-21-9-7-12(22-2)14-13(8-9)23-16(18-14)19-15(20)10-5-3-4-6-11(10)17/h3-8H,1-2H3,(H,18,19,20). The van der Waals surface area contributed by atoms with Gasteiger partial charge in [-0.15, -0.1) is 0 Å². The van der Waals surface area contributed by atoms with Gasteiger partial charge in [0.2, 0.25) is 0 Å². The number of thiazole rings is 1. The topological polar surface area (TPSA) is 60.5 Å². The van der Waals surface area contributed by atoms with Crippen LogP contribution in [0.15, 0.2) is 36.4 Å². The monoisotopic (exact) mass is 440 g/mol. The molecule has 0 bridgehead atoms. The fourth-order valence-electron chi connectivity index (χ4n) is 2.11. The molecular weight excluding hydrogens is 427 g/mol. The van der Waals surface area contributed by atoms with Crippen LogP contribution in [-0.4, -0.2) is 25.1 Å². The summed E-state index contributed by atoms with van der Waals surface area (Å²) in [6.45, 7) is 0. The van der Waals surface area contributed by atoms with Crippen LogP contribution in [0, 0.1) is 3.57 Å². The van der Waals surface area contributed by atoms with Gasteiger partial charge in [-0.05, 0) is 40.8 Å². The number of anilines is 1. The van der Waals surface area contributed by atoms with Crippen LogP contribution in [0.2, 0.25) is 0 Å². The fourth-order valence-corrected chi connectivity index (χ4v) is 3.65. The molecule has 3 rings (SSSR count). The zero-order valence-corrected chi connectivity index (χ0v) is 15.4. The number of hydrogen-bond donors (Lipinski definition) is 1. The number of rotatable bonds is 4. The maximum absolute atomic E-state index is 12.4. The molecule has 0 spiro atoms. The van der Waals surface area contributed by atoms with Gasteiger partial charge in [-0.25, -0.2) is 4.98 Å². The molecule has 7 heteroatoms. The number of fused-ring (bicyclic) bond motifs is 1. The van der Waals surface area contributed by atoms with Gasteiger partial charge in [0.1, 0.15) is 17.0 Å². The number of benzene rings is 2. The molecule has 23 heavy (non-hydrogen) atoms. The Hall–Kier alpha value is -1.87. The normalized spacial score (nSPS) is 10.6. The molecule has 118 valence electrons. The molecular formula is C16H13IN2O3S. The van der Waals surface area contributed by atoms with Crippen molar-refractivity contribution in [1.29, 1.82) is 0 Å². The number of carbonyl (C=O) groups is 1. The Labute approximate surface area is 150 Å². The van der Waals surface area contributed by atoms with Crippen LogP contribution < -0.4 is 14.8 Å². The number of ether oxygens (including phenoxy) is 2. The third-order valence-corrected chi connectivity index (χ3v) is 5.09. The molecule has 3 aromatic rings. The van der Waals surface area contributed by atoms with Crippen molar-refractivity contribution >= 4 is 55.2 Å². The van der Waals surface area contributed by atoms with Crippen LogP contribution in [0.5, 0.6) is 11.5 Å². The minimum Gasteiger partial charge on any atom is -0.497 e. The highest BCUT2D eigenvalue weighted by Gasteiger charge is 2.15. The van der Waals surface area contributed by atoms with Gasteiger partial charge in [0.15, 0.2) is 5.13 Å². The molecule has 0 aliphatic carbocycles. The highest BCUT2D eigenvalue weighted by molar-refractivity contribution is 14.1. The van der Waals surface area contributed by atoms with Gasteiger partial charge in [-0.1, -0.05) is 23.5 Å². The number of halogens is 1. The minimum atomic E-state index is -0.181. The number of amides is 1. The lowest BCUT2D eigenvalue weighted by Gasteiger charge is -2.04. The highest BCUT2D eigenvalue weighted by Crippen LogP contribution is 2.36. The number of methoxy groups -OCH3 is 2. The maximum atomic E-state index is 12.4.